The zero-order valence-electron chi connectivity index (χ0n) is 10.2. The van der Waals surface area contributed by atoms with E-state index in [0.29, 0.717) is 30.9 Å². The molecule has 0 radical (unpaired) electrons. The maximum absolute atomic E-state index is 11.8. The molecule has 0 bridgehead atoms. The highest BCUT2D eigenvalue weighted by molar-refractivity contribution is 5.80. The number of hydrogen-bond donors (Lipinski definition) is 2. The zero-order chi connectivity index (χ0) is 13.1. The average molecular weight is 252 g/mol. The number of hydrogen-bond acceptors (Lipinski definition) is 4. The van der Waals surface area contributed by atoms with Crippen LogP contribution in [0, 0.1) is 18.8 Å². The van der Waals surface area contributed by atoms with Crippen LogP contribution < -0.4 is 5.32 Å². The van der Waals surface area contributed by atoms with Gasteiger partial charge in [-0.15, -0.1) is 0 Å². The molecule has 0 aliphatic heterocycles. The molecule has 1 heterocycles. The standard InChI is InChI=1S/C12H16N2O4/c1-7-5-13-10(18-7)6-14-11(15)8-2-3-9(4-8)12(16)17/h5,8-9H,2-4,6H2,1H3,(H,14,15)(H,16,17)/t8-,9+/m1/s1. The number of carboxylic acids is 1. The van der Waals surface area contributed by atoms with Crippen LogP contribution in [0.4, 0.5) is 0 Å². The number of nitrogens with zero attached hydrogens (tertiary/aromatic N) is 1. The number of aryl methyl sites for hydroxylation is 1. The summed E-state index contributed by atoms with van der Waals surface area (Å²) in [6, 6.07) is 0. The molecule has 0 unspecified atom stereocenters. The summed E-state index contributed by atoms with van der Waals surface area (Å²) in [5, 5.41) is 11.6. The maximum atomic E-state index is 11.8. The van der Waals surface area contributed by atoms with Crippen molar-refractivity contribution in [1.82, 2.24) is 10.3 Å². The Morgan fingerprint density at radius 1 is 1.50 bits per heavy atom. The Kier molecular flexibility index (Phi) is 3.64. The van der Waals surface area contributed by atoms with Gasteiger partial charge >= 0.3 is 5.97 Å². The quantitative estimate of drug-likeness (QED) is 0.837. The molecule has 2 rings (SSSR count). The maximum Gasteiger partial charge on any atom is 0.306 e. The van der Waals surface area contributed by atoms with Crippen molar-refractivity contribution in [1.29, 1.82) is 0 Å². The van der Waals surface area contributed by atoms with E-state index >= 15 is 0 Å². The van der Waals surface area contributed by atoms with Crippen LogP contribution in [0.2, 0.25) is 0 Å². The molecular formula is C12H16N2O4. The minimum absolute atomic E-state index is 0.116. The summed E-state index contributed by atoms with van der Waals surface area (Å²) < 4.78 is 5.24. The molecule has 1 amide bonds. The summed E-state index contributed by atoms with van der Waals surface area (Å²) in [7, 11) is 0. The third-order valence-corrected chi connectivity index (χ3v) is 3.24. The molecule has 0 spiro atoms. The van der Waals surface area contributed by atoms with Gasteiger partial charge in [-0.1, -0.05) is 0 Å². The molecule has 1 aromatic rings. The van der Waals surface area contributed by atoms with Gasteiger partial charge in [0.1, 0.15) is 5.76 Å². The van der Waals surface area contributed by atoms with E-state index < -0.39 is 5.97 Å². The minimum atomic E-state index is -0.811. The highest BCUT2D eigenvalue weighted by Crippen LogP contribution is 2.31. The largest absolute Gasteiger partial charge is 0.481 e. The van der Waals surface area contributed by atoms with Crippen LogP contribution in [0.3, 0.4) is 0 Å². The molecule has 18 heavy (non-hydrogen) atoms. The first-order valence-corrected chi connectivity index (χ1v) is 5.98. The lowest BCUT2D eigenvalue weighted by molar-refractivity contribution is -0.141. The summed E-state index contributed by atoms with van der Waals surface area (Å²) in [5.41, 5.74) is 0. The number of carbonyl (C=O) groups excluding carboxylic acids is 1. The fourth-order valence-corrected chi connectivity index (χ4v) is 2.23. The molecule has 0 aromatic carbocycles. The summed E-state index contributed by atoms with van der Waals surface area (Å²) in [6.07, 6.45) is 3.22. The van der Waals surface area contributed by atoms with Gasteiger partial charge in [0.15, 0.2) is 0 Å². The highest BCUT2D eigenvalue weighted by Gasteiger charge is 2.33. The van der Waals surface area contributed by atoms with Crippen molar-refractivity contribution in [2.45, 2.75) is 32.7 Å². The minimum Gasteiger partial charge on any atom is -0.481 e. The smallest absolute Gasteiger partial charge is 0.306 e. The number of oxazole rings is 1. The second kappa shape index (κ2) is 5.20. The van der Waals surface area contributed by atoms with Crippen LogP contribution in [0.15, 0.2) is 10.6 Å². The topological polar surface area (TPSA) is 92.4 Å². The van der Waals surface area contributed by atoms with Crippen LogP contribution in [0.5, 0.6) is 0 Å². The molecule has 2 atom stereocenters. The number of carboxylic acid groups (broad SMARTS) is 1. The van der Waals surface area contributed by atoms with E-state index in [1.807, 2.05) is 0 Å². The van der Waals surface area contributed by atoms with Crippen LogP contribution in [0.1, 0.15) is 30.9 Å². The molecule has 1 fully saturated rings. The summed E-state index contributed by atoms with van der Waals surface area (Å²) in [6.45, 7) is 2.04. The van der Waals surface area contributed by atoms with Crippen LogP contribution in [-0.2, 0) is 16.1 Å². The molecule has 1 aromatic heterocycles. The lowest BCUT2D eigenvalue weighted by Crippen LogP contribution is -2.29. The molecule has 1 aliphatic rings. The molecule has 1 aliphatic carbocycles. The molecule has 2 N–H and O–H groups in total. The number of carbonyl (C=O) groups is 2. The van der Waals surface area contributed by atoms with Crippen molar-refractivity contribution in [3.63, 3.8) is 0 Å². The van der Waals surface area contributed by atoms with E-state index in [4.69, 9.17) is 9.52 Å². The van der Waals surface area contributed by atoms with Gasteiger partial charge < -0.3 is 14.8 Å². The molecule has 98 valence electrons. The summed E-state index contributed by atoms with van der Waals surface area (Å²) in [4.78, 5) is 26.6. The van der Waals surface area contributed by atoms with Gasteiger partial charge in [0, 0.05) is 5.92 Å². The molecular weight excluding hydrogens is 236 g/mol. The Bertz CT molecular complexity index is 455. The third-order valence-electron chi connectivity index (χ3n) is 3.24. The Labute approximate surface area is 104 Å². The molecule has 6 heteroatoms. The third kappa shape index (κ3) is 2.88. The van der Waals surface area contributed by atoms with E-state index in [-0.39, 0.29) is 24.3 Å². The van der Waals surface area contributed by atoms with Gasteiger partial charge in [-0.2, -0.15) is 0 Å². The predicted molar refractivity (Wildman–Crippen MR) is 61.6 cm³/mol. The van der Waals surface area contributed by atoms with Crippen LogP contribution in [0.25, 0.3) is 0 Å². The Morgan fingerprint density at radius 3 is 2.78 bits per heavy atom. The monoisotopic (exact) mass is 252 g/mol. The van der Waals surface area contributed by atoms with Crippen LogP contribution >= 0.6 is 0 Å². The highest BCUT2D eigenvalue weighted by atomic mass is 16.4. The fraction of sp³-hybridized carbons (Fsp3) is 0.583. The predicted octanol–water partition coefficient (Wildman–Crippen LogP) is 1.10. The van der Waals surface area contributed by atoms with Crippen molar-refractivity contribution < 1.29 is 19.1 Å². The lowest BCUT2D eigenvalue weighted by Gasteiger charge is -2.09. The number of amides is 1. The van der Waals surface area contributed by atoms with Crippen LogP contribution in [-0.4, -0.2) is 22.0 Å². The normalized spacial score (nSPS) is 22.9. The summed E-state index contributed by atoms with van der Waals surface area (Å²) in [5.74, 6) is -0.352. The van der Waals surface area contributed by atoms with Gasteiger partial charge in [0.2, 0.25) is 11.8 Å². The van der Waals surface area contributed by atoms with E-state index in [1.165, 1.54) is 0 Å². The van der Waals surface area contributed by atoms with Gasteiger partial charge in [-0.25, -0.2) is 4.98 Å². The zero-order valence-corrected chi connectivity index (χ0v) is 10.2. The van der Waals surface area contributed by atoms with E-state index in [1.54, 1.807) is 13.1 Å². The first kappa shape index (κ1) is 12.6. The van der Waals surface area contributed by atoms with E-state index in [2.05, 4.69) is 10.3 Å². The second-order valence-corrected chi connectivity index (χ2v) is 4.63. The Balaban J connectivity index is 1.80. The molecule has 1 saturated carbocycles. The second-order valence-electron chi connectivity index (χ2n) is 4.63. The Morgan fingerprint density at radius 2 is 2.22 bits per heavy atom. The number of nitrogens with one attached hydrogen (secondary N) is 1. The lowest BCUT2D eigenvalue weighted by atomic mass is 10.0. The van der Waals surface area contributed by atoms with Crippen molar-refractivity contribution in [2.24, 2.45) is 11.8 Å². The van der Waals surface area contributed by atoms with E-state index in [0.717, 1.165) is 0 Å². The van der Waals surface area contributed by atoms with Crippen molar-refractivity contribution in [3.8, 4) is 0 Å². The molecule has 0 saturated heterocycles. The number of aliphatic carboxylic acids is 1. The number of rotatable bonds is 4. The average Bonchev–Trinajstić information content (AvgIpc) is 2.94. The molecule has 6 nitrogen and oxygen atoms in total. The first-order chi connectivity index (χ1) is 8.56. The van der Waals surface area contributed by atoms with Gasteiger partial charge in [-0.3, -0.25) is 9.59 Å². The summed E-state index contributed by atoms with van der Waals surface area (Å²) >= 11 is 0. The van der Waals surface area contributed by atoms with Gasteiger partial charge in [0.25, 0.3) is 0 Å². The first-order valence-electron chi connectivity index (χ1n) is 5.98. The fourth-order valence-electron chi connectivity index (χ4n) is 2.23. The number of aromatic nitrogens is 1. The van der Waals surface area contributed by atoms with Crippen molar-refractivity contribution in [3.05, 3.63) is 17.8 Å². The van der Waals surface area contributed by atoms with Crippen molar-refractivity contribution >= 4 is 11.9 Å². The van der Waals surface area contributed by atoms with Crippen molar-refractivity contribution in [2.75, 3.05) is 0 Å². The SMILES string of the molecule is Cc1cnc(CNC(=O)[C@@H]2CC[C@H](C(=O)O)C2)o1. The Hall–Kier alpha value is -1.85. The van der Waals surface area contributed by atoms with E-state index in [9.17, 15) is 9.59 Å². The van der Waals surface area contributed by atoms with Gasteiger partial charge in [0.05, 0.1) is 18.7 Å². The van der Waals surface area contributed by atoms with Gasteiger partial charge in [-0.05, 0) is 26.2 Å².